The molecule has 2 heterocycles. The molecule has 0 saturated heterocycles. The van der Waals surface area contributed by atoms with Gasteiger partial charge in [0.05, 0.1) is 0 Å². The first kappa shape index (κ1) is 27.5. The smallest absolute Gasteiger partial charge is 0.300 e. The Morgan fingerprint density at radius 1 is 0.361 bits per heavy atom. The van der Waals surface area contributed by atoms with Gasteiger partial charge in [-0.25, -0.2) is 0 Å². The molecule has 0 fully saturated rings. The zero-order chi connectivity index (χ0) is 22.7. The van der Waals surface area contributed by atoms with E-state index in [1.165, 1.54) is 86.3 Å². The molecule has 6 aromatic rings. The van der Waals surface area contributed by atoms with Crippen molar-refractivity contribution < 1.29 is 37.7 Å². The first-order valence-electron chi connectivity index (χ1n) is 11.2. The summed E-state index contributed by atoms with van der Waals surface area (Å²) >= 11 is 0. The van der Waals surface area contributed by atoms with Crippen molar-refractivity contribution in [1.82, 2.24) is 0 Å². The van der Waals surface area contributed by atoms with Gasteiger partial charge in [0.2, 0.25) is 0 Å². The molecule has 2 aromatic heterocycles. The standard InChI is InChI=1S/C30H20P4.2Li/c1-5-13-21(14-6-1)25-26(22-15-7-2-8-16-22)32-29(31-25)30-33-27(23-17-9-3-10-18-23)28(34-30)24-19-11-4-12-20-24;;/h1-20H;;/q-2;2*+1. The van der Waals surface area contributed by atoms with Crippen LogP contribution in [0.1, 0.15) is 0 Å². The van der Waals surface area contributed by atoms with E-state index in [0.29, 0.717) is 0 Å². The van der Waals surface area contributed by atoms with Crippen LogP contribution >= 0.6 is 32.8 Å². The molecule has 0 N–H and O–H groups in total. The molecule has 0 aliphatic carbocycles. The van der Waals surface area contributed by atoms with Crippen molar-refractivity contribution in [2.45, 2.75) is 0 Å². The first-order valence-corrected chi connectivity index (χ1v) is 14.8. The summed E-state index contributed by atoms with van der Waals surface area (Å²) < 4.78 is 0. The minimum Gasteiger partial charge on any atom is -0.300 e. The number of rotatable bonds is 5. The predicted octanol–water partition coefficient (Wildman–Crippen LogP) is 5.79. The molecule has 162 valence electrons. The van der Waals surface area contributed by atoms with Crippen LogP contribution in [0.25, 0.3) is 53.5 Å². The van der Waals surface area contributed by atoms with E-state index in [1.807, 2.05) is 0 Å². The van der Waals surface area contributed by atoms with E-state index in [2.05, 4.69) is 121 Å². The van der Waals surface area contributed by atoms with E-state index in [1.54, 1.807) is 0 Å². The van der Waals surface area contributed by atoms with Crippen LogP contribution in [0.5, 0.6) is 0 Å². The fourth-order valence-corrected chi connectivity index (χ4v) is 10.8. The minimum absolute atomic E-state index is 0. The Hall–Kier alpha value is -1.51. The Kier molecular flexibility index (Phi) is 9.81. The first-order chi connectivity index (χ1) is 16.9. The predicted molar refractivity (Wildman–Crippen MR) is 155 cm³/mol. The molecule has 0 atom stereocenters. The molecule has 4 aromatic carbocycles. The van der Waals surface area contributed by atoms with E-state index in [0.717, 1.165) is 0 Å². The Bertz CT molecular complexity index is 1290. The SMILES string of the molecule is [Li+].[Li+].c1ccc(-c2pc(-c3pc(-c4ccccc4)c(-c4ccccc4)[p-]3)[p-]c2-c2ccccc2)cc1. The van der Waals surface area contributed by atoms with Crippen LogP contribution in [-0.2, 0) is 0 Å². The maximum absolute atomic E-state index is 2.25. The van der Waals surface area contributed by atoms with E-state index >= 15 is 0 Å². The fraction of sp³-hybridized carbons (Fsp3) is 0. The van der Waals surface area contributed by atoms with E-state index in [-0.39, 0.29) is 37.7 Å². The van der Waals surface area contributed by atoms with Crippen LogP contribution in [0.3, 0.4) is 0 Å². The van der Waals surface area contributed by atoms with Gasteiger partial charge in [-0.2, -0.15) is 10.1 Å². The van der Waals surface area contributed by atoms with Gasteiger partial charge >= 0.3 is 37.7 Å². The third-order valence-electron chi connectivity index (χ3n) is 5.71. The quantitative estimate of drug-likeness (QED) is 0.254. The van der Waals surface area contributed by atoms with Gasteiger partial charge in [-0.3, -0.25) is 32.8 Å². The molecule has 6 heteroatoms. The molecule has 6 rings (SSSR count). The minimum atomic E-state index is 0. The van der Waals surface area contributed by atoms with Gasteiger partial charge in [0, 0.05) is 0 Å². The molecular weight excluding hydrogens is 498 g/mol. The summed E-state index contributed by atoms with van der Waals surface area (Å²) in [4.78, 5) is 0. The second-order valence-corrected chi connectivity index (χ2v) is 13.1. The summed E-state index contributed by atoms with van der Waals surface area (Å²) in [6, 6.07) is 43.6. The second-order valence-electron chi connectivity index (χ2n) is 7.95. The van der Waals surface area contributed by atoms with Crippen molar-refractivity contribution in [3.05, 3.63) is 121 Å². The Balaban J connectivity index is 0.00000152. The molecule has 36 heavy (non-hydrogen) atoms. The average Bonchev–Trinajstić information content (AvgIpc) is 3.56. The van der Waals surface area contributed by atoms with Crippen molar-refractivity contribution in [3.8, 4) is 53.5 Å². The molecule has 0 saturated carbocycles. The molecule has 0 radical (unpaired) electrons. The molecule has 0 aliphatic rings. The number of benzene rings is 4. The largest absolute Gasteiger partial charge is 1.00 e. The van der Waals surface area contributed by atoms with Gasteiger partial charge in [0.1, 0.15) is 0 Å². The third kappa shape index (κ3) is 5.81. The van der Waals surface area contributed by atoms with Gasteiger partial charge in [-0.1, -0.05) is 143 Å². The van der Waals surface area contributed by atoms with Crippen molar-refractivity contribution in [3.63, 3.8) is 0 Å². The van der Waals surface area contributed by atoms with Crippen LogP contribution in [0.4, 0.5) is 0 Å². The van der Waals surface area contributed by atoms with Crippen molar-refractivity contribution in [1.29, 1.82) is 0 Å². The summed E-state index contributed by atoms with van der Waals surface area (Å²) in [6.07, 6.45) is 0. The van der Waals surface area contributed by atoms with Crippen LogP contribution in [0.15, 0.2) is 121 Å². The maximum Gasteiger partial charge on any atom is 1.00 e. The molecule has 0 amide bonds. The third-order valence-corrected chi connectivity index (χ3v) is 12.5. The van der Waals surface area contributed by atoms with E-state index in [4.69, 9.17) is 0 Å². The number of hydrogen-bond donors (Lipinski definition) is 0. The molecule has 0 nitrogen and oxygen atoms in total. The summed E-state index contributed by atoms with van der Waals surface area (Å²) in [5.41, 5.74) is 5.32. The Morgan fingerprint density at radius 2 is 0.639 bits per heavy atom. The topological polar surface area (TPSA) is 0 Å². The van der Waals surface area contributed by atoms with Crippen molar-refractivity contribution in [2.24, 2.45) is 0 Å². The van der Waals surface area contributed by atoms with E-state index < -0.39 is 0 Å². The zero-order valence-corrected chi connectivity index (χ0v) is 23.9. The van der Waals surface area contributed by atoms with Gasteiger partial charge in [0.15, 0.2) is 0 Å². The molecule has 0 unspecified atom stereocenters. The maximum atomic E-state index is 2.25. The van der Waals surface area contributed by atoms with Gasteiger partial charge in [-0.05, 0) is 22.3 Å². The van der Waals surface area contributed by atoms with Crippen LogP contribution in [-0.4, -0.2) is 0 Å². The van der Waals surface area contributed by atoms with Crippen molar-refractivity contribution in [2.75, 3.05) is 0 Å². The monoisotopic (exact) mass is 518 g/mol. The van der Waals surface area contributed by atoms with E-state index in [9.17, 15) is 0 Å². The summed E-state index contributed by atoms with van der Waals surface area (Å²) in [5.74, 6) is 0. The Labute approximate surface area is 243 Å². The van der Waals surface area contributed by atoms with Crippen LogP contribution in [0.2, 0.25) is 0 Å². The van der Waals surface area contributed by atoms with Crippen molar-refractivity contribution >= 4 is 32.8 Å². The summed E-state index contributed by atoms with van der Waals surface area (Å²) in [5, 5.41) is 8.82. The Morgan fingerprint density at radius 3 is 0.944 bits per heavy atom. The summed E-state index contributed by atoms with van der Waals surface area (Å²) in [6.45, 7) is 0. The normalized spacial score (nSPS) is 11.2. The van der Waals surface area contributed by atoms with Gasteiger partial charge in [0.25, 0.3) is 0 Å². The molecule has 0 bridgehead atoms. The fourth-order valence-electron chi connectivity index (χ4n) is 4.07. The molecular formula is C30H20Li2P4. The number of hydrogen-bond acceptors (Lipinski definition) is 0. The second kappa shape index (κ2) is 12.8. The van der Waals surface area contributed by atoms with Crippen LogP contribution < -0.4 is 37.7 Å². The van der Waals surface area contributed by atoms with Crippen LogP contribution in [0, 0.1) is 0 Å². The summed E-state index contributed by atoms with van der Waals surface area (Å²) in [7, 11) is 5.35. The molecule has 0 aliphatic heterocycles. The zero-order valence-electron chi connectivity index (χ0n) is 20.3. The average molecular weight is 518 g/mol. The molecule has 0 spiro atoms. The van der Waals surface area contributed by atoms with Gasteiger partial charge < -0.3 is 0 Å². The van der Waals surface area contributed by atoms with Gasteiger partial charge in [-0.15, -0.1) is 0 Å².